The molecule has 0 bridgehead atoms. The third-order valence-electron chi connectivity index (χ3n) is 4.55. The van der Waals surface area contributed by atoms with Crippen LogP contribution in [0.4, 0.5) is 26.3 Å². The highest BCUT2D eigenvalue weighted by molar-refractivity contribution is 5.97. The van der Waals surface area contributed by atoms with E-state index >= 15 is 0 Å². The minimum absolute atomic E-state index is 0.0648. The van der Waals surface area contributed by atoms with Gasteiger partial charge in [-0.05, 0) is 48.7 Å². The number of rotatable bonds is 5. The van der Waals surface area contributed by atoms with Crippen molar-refractivity contribution in [2.24, 2.45) is 5.73 Å². The Hall–Kier alpha value is -3.04. The number of hydrogen-bond donors (Lipinski definition) is 2. The first-order valence-corrected chi connectivity index (χ1v) is 8.65. The predicted molar refractivity (Wildman–Crippen MR) is 96.5 cm³/mol. The zero-order chi connectivity index (χ0) is 22.9. The van der Waals surface area contributed by atoms with Crippen molar-refractivity contribution in [2.75, 3.05) is 0 Å². The fraction of sp³-hybridized carbons (Fsp3) is 0.300. The van der Waals surface area contributed by atoms with Crippen LogP contribution in [0.5, 0.6) is 0 Å². The first-order chi connectivity index (χ1) is 13.7. The lowest BCUT2D eigenvalue weighted by Gasteiger charge is -2.19. The lowest BCUT2D eigenvalue weighted by molar-refractivity contribution is -0.143. The van der Waals surface area contributed by atoms with Crippen LogP contribution in [-0.2, 0) is 23.6 Å². The first kappa shape index (κ1) is 23.2. The Kier molecular flexibility index (Phi) is 6.48. The fourth-order valence-electron chi connectivity index (χ4n) is 2.93. The van der Waals surface area contributed by atoms with Gasteiger partial charge in [0.2, 0.25) is 5.91 Å². The maximum atomic E-state index is 13.0. The van der Waals surface area contributed by atoms with Gasteiger partial charge < -0.3 is 11.1 Å². The minimum Gasteiger partial charge on any atom is -0.368 e. The van der Waals surface area contributed by atoms with Crippen LogP contribution in [0, 0.1) is 13.8 Å². The van der Waals surface area contributed by atoms with Gasteiger partial charge in [0.25, 0.3) is 5.91 Å². The summed E-state index contributed by atoms with van der Waals surface area (Å²) in [5.74, 6) is -2.25. The number of primary amides is 1. The zero-order valence-electron chi connectivity index (χ0n) is 15.9. The van der Waals surface area contributed by atoms with E-state index < -0.39 is 46.9 Å². The lowest BCUT2D eigenvalue weighted by Crippen LogP contribution is -2.46. The van der Waals surface area contributed by atoms with Crippen LogP contribution in [0.3, 0.4) is 0 Å². The van der Waals surface area contributed by atoms with Crippen molar-refractivity contribution in [3.8, 4) is 0 Å². The van der Waals surface area contributed by atoms with Gasteiger partial charge in [0.15, 0.2) is 0 Å². The Morgan fingerprint density at radius 2 is 1.40 bits per heavy atom. The second-order valence-electron chi connectivity index (χ2n) is 6.80. The highest BCUT2D eigenvalue weighted by Crippen LogP contribution is 2.36. The van der Waals surface area contributed by atoms with Gasteiger partial charge in [0.1, 0.15) is 6.04 Å². The number of alkyl halides is 6. The molecule has 0 aliphatic carbocycles. The molecule has 162 valence electrons. The number of carbonyl (C=O) groups excluding carboxylic acids is 2. The van der Waals surface area contributed by atoms with Crippen LogP contribution in [0.1, 0.15) is 38.2 Å². The predicted octanol–water partition coefficient (Wildman–Crippen LogP) is 4.17. The van der Waals surface area contributed by atoms with Crippen molar-refractivity contribution >= 4 is 11.8 Å². The summed E-state index contributed by atoms with van der Waals surface area (Å²) in [5.41, 5.74) is 3.40. The summed E-state index contributed by atoms with van der Waals surface area (Å²) in [5, 5.41) is 2.14. The van der Waals surface area contributed by atoms with Crippen molar-refractivity contribution in [3.05, 3.63) is 69.8 Å². The Morgan fingerprint density at radius 1 is 0.933 bits per heavy atom. The number of aryl methyl sites for hydroxylation is 2. The van der Waals surface area contributed by atoms with Crippen LogP contribution in [-0.4, -0.2) is 17.9 Å². The van der Waals surface area contributed by atoms with E-state index in [0.29, 0.717) is 17.7 Å². The SMILES string of the molecule is Cc1cccc(C)c1C[C@@H](NC(=O)c1cc(C(F)(F)F)cc(C(F)(F)F)c1)C(N)=O. The molecule has 10 heteroatoms. The summed E-state index contributed by atoms with van der Waals surface area (Å²) in [6.45, 7) is 3.51. The third-order valence-corrected chi connectivity index (χ3v) is 4.55. The molecule has 2 amide bonds. The summed E-state index contributed by atoms with van der Waals surface area (Å²) in [6, 6.07) is 4.45. The molecule has 1 atom stereocenters. The van der Waals surface area contributed by atoms with E-state index in [1.807, 2.05) is 0 Å². The molecule has 0 saturated carbocycles. The standard InChI is InChI=1S/C20H18F6N2O2/c1-10-4-3-5-11(2)15(10)9-16(17(27)29)28-18(30)12-6-13(19(21,22)23)8-14(7-12)20(24,25)26/h3-8,16H,9H2,1-2H3,(H2,27,29)(H,28,30)/t16-/m1/s1. The molecule has 0 saturated heterocycles. The second-order valence-corrected chi connectivity index (χ2v) is 6.80. The van der Waals surface area contributed by atoms with Gasteiger partial charge in [0.05, 0.1) is 11.1 Å². The molecule has 2 rings (SSSR count). The number of nitrogens with one attached hydrogen (secondary N) is 1. The number of hydrogen-bond acceptors (Lipinski definition) is 2. The summed E-state index contributed by atoms with van der Waals surface area (Å²) in [4.78, 5) is 24.2. The molecular weight excluding hydrogens is 414 g/mol. The lowest BCUT2D eigenvalue weighted by atomic mass is 9.95. The molecule has 0 fully saturated rings. The van der Waals surface area contributed by atoms with Gasteiger partial charge in [-0.1, -0.05) is 18.2 Å². The second kappa shape index (κ2) is 8.37. The van der Waals surface area contributed by atoms with Crippen molar-refractivity contribution in [3.63, 3.8) is 0 Å². The molecule has 2 aromatic rings. The van der Waals surface area contributed by atoms with Crippen LogP contribution >= 0.6 is 0 Å². The summed E-state index contributed by atoms with van der Waals surface area (Å²) < 4.78 is 78.0. The average Bonchev–Trinajstić information content (AvgIpc) is 2.61. The topological polar surface area (TPSA) is 72.2 Å². The molecule has 0 radical (unpaired) electrons. The van der Waals surface area contributed by atoms with Gasteiger partial charge in [-0.15, -0.1) is 0 Å². The van der Waals surface area contributed by atoms with Gasteiger partial charge in [-0.3, -0.25) is 9.59 Å². The fourth-order valence-corrected chi connectivity index (χ4v) is 2.93. The van der Waals surface area contributed by atoms with E-state index in [0.717, 1.165) is 11.1 Å². The van der Waals surface area contributed by atoms with E-state index in [1.165, 1.54) is 0 Å². The third kappa shape index (κ3) is 5.52. The van der Waals surface area contributed by atoms with Gasteiger partial charge >= 0.3 is 12.4 Å². The van der Waals surface area contributed by atoms with E-state index in [-0.39, 0.29) is 12.5 Å². The number of carbonyl (C=O) groups is 2. The summed E-state index contributed by atoms with van der Waals surface area (Å²) in [6.07, 6.45) is -10.3. The Labute approximate surface area is 168 Å². The van der Waals surface area contributed by atoms with Gasteiger partial charge in [-0.25, -0.2) is 0 Å². The highest BCUT2D eigenvalue weighted by atomic mass is 19.4. The van der Waals surface area contributed by atoms with Crippen molar-refractivity contribution in [1.29, 1.82) is 0 Å². The molecule has 0 unspecified atom stereocenters. The van der Waals surface area contributed by atoms with Gasteiger partial charge in [0, 0.05) is 12.0 Å². The maximum Gasteiger partial charge on any atom is 0.416 e. The van der Waals surface area contributed by atoms with Crippen LogP contribution < -0.4 is 11.1 Å². The van der Waals surface area contributed by atoms with E-state index in [9.17, 15) is 35.9 Å². The smallest absolute Gasteiger partial charge is 0.368 e. The van der Waals surface area contributed by atoms with E-state index in [2.05, 4.69) is 5.32 Å². The Balaban J connectivity index is 2.39. The Bertz CT molecular complexity index is 914. The van der Waals surface area contributed by atoms with Crippen molar-refractivity contribution < 1.29 is 35.9 Å². The average molecular weight is 432 g/mol. The molecule has 30 heavy (non-hydrogen) atoms. The van der Waals surface area contributed by atoms with Crippen molar-refractivity contribution in [1.82, 2.24) is 5.32 Å². The Morgan fingerprint density at radius 3 is 1.80 bits per heavy atom. The molecule has 0 aliphatic rings. The summed E-state index contributed by atoms with van der Waals surface area (Å²) >= 11 is 0. The van der Waals surface area contributed by atoms with E-state index in [4.69, 9.17) is 5.73 Å². The molecule has 4 nitrogen and oxygen atoms in total. The number of nitrogens with two attached hydrogens (primary N) is 1. The van der Waals surface area contributed by atoms with Crippen LogP contribution in [0.15, 0.2) is 36.4 Å². The molecular formula is C20H18F6N2O2. The quantitative estimate of drug-likeness (QED) is 0.697. The minimum atomic E-state index is -5.10. The monoisotopic (exact) mass is 432 g/mol. The highest BCUT2D eigenvalue weighted by Gasteiger charge is 2.37. The van der Waals surface area contributed by atoms with Crippen LogP contribution in [0.25, 0.3) is 0 Å². The summed E-state index contributed by atoms with van der Waals surface area (Å²) in [7, 11) is 0. The normalized spacial score (nSPS) is 13.1. The van der Waals surface area contributed by atoms with E-state index in [1.54, 1.807) is 32.0 Å². The number of benzene rings is 2. The zero-order valence-corrected chi connectivity index (χ0v) is 15.9. The molecule has 0 spiro atoms. The molecule has 0 heterocycles. The largest absolute Gasteiger partial charge is 0.416 e. The molecule has 0 aliphatic heterocycles. The first-order valence-electron chi connectivity index (χ1n) is 8.65. The number of halogens is 6. The number of amides is 2. The van der Waals surface area contributed by atoms with Gasteiger partial charge in [-0.2, -0.15) is 26.3 Å². The molecule has 2 aromatic carbocycles. The molecule has 0 aromatic heterocycles. The van der Waals surface area contributed by atoms with Crippen molar-refractivity contribution in [2.45, 2.75) is 38.7 Å². The maximum absolute atomic E-state index is 13.0. The molecule has 3 N–H and O–H groups in total. The van der Waals surface area contributed by atoms with Crippen LogP contribution in [0.2, 0.25) is 0 Å².